The van der Waals surface area contributed by atoms with Crippen LogP contribution in [0.4, 0.5) is 5.95 Å². The minimum absolute atomic E-state index is 0.711. The molecule has 18 heavy (non-hydrogen) atoms. The highest BCUT2D eigenvalue weighted by molar-refractivity contribution is 6.01. The summed E-state index contributed by atoms with van der Waals surface area (Å²) in [6.07, 6.45) is 4.54. The van der Waals surface area contributed by atoms with Crippen molar-refractivity contribution in [3.05, 3.63) is 17.5 Å². The van der Waals surface area contributed by atoms with E-state index in [4.69, 9.17) is 5.21 Å². The zero-order valence-electron chi connectivity index (χ0n) is 10.3. The van der Waals surface area contributed by atoms with E-state index in [0.29, 0.717) is 5.71 Å². The average Bonchev–Trinajstić information content (AvgIpc) is 2.47. The molecule has 6 nitrogen and oxygen atoms in total. The molecule has 0 atom stereocenters. The molecule has 2 heterocycles. The van der Waals surface area contributed by atoms with Gasteiger partial charge in [-0.3, -0.25) is 0 Å². The Bertz CT molecular complexity index is 468. The summed E-state index contributed by atoms with van der Waals surface area (Å²) in [7, 11) is 0. The Labute approximate surface area is 106 Å². The summed E-state index contributed by atoms with van der Waals surface area (Å²) in [5, 5.41) is 15.6. The van der Waals surface area contributed by atoms with Gasteiger partial charge in [-0.2, -0.15) is 0 Å². The summed E-state index contributed by atoms with van der Waals surface area (Å²) in [6.45, 7) is 3.84. The molecule has 96 valence electrons. The highest BCUT2D eigenvalue weighted by Crippen LogP contribution is 2.21. The van der Waals surface area contributed by atoms with Gasteiger partial charge in [-0.15, -0.1) is 0 Å². The number of hydrogen-bond acceptors (Lipinski definition) is 6. The zero-order valence-corrected chi connectivity index (χ0v) is 10.3. The summed E-state index contributed by atoms with van der Waals surface area (Å²) in [5.41, 5.74) is 2.63. The van der Waals surface area contributed by atoms with Crippen molar-refractivity contribution in [1.82, 2.24) is 15.3 Å². The molecule has 0 amide bonds. The van der Waals surface area contributed by atoms with E-state index >= 15 is 0 Å². The van der Waals surface area contributed by atoms with E-state index in [1.54, 1.807) is 6.20 Å². The number of rotatable bonds is 1. The van der Waals surface area contributed by atoms with E-state index in [2.05, 4.69) is 25.3 Å². The fourth-order valence-electron chi connectivity index (χ4n) is 2.52. The van der Waals surface area contributed by atoms with Gasteiger partial charge in [0, 0.05) is 37.9 Å². The molecule has 1 aliphatic heterocycles. The van der Waals surface area contributed by atoms with Crippen molar-refractivity contribution in [2.75, 3.05) is 31.1 Å². The van der Waals surface area contributed by atoms with Crippen LogP contribution in [0.15, 0.2) is 11.4 Å². The van der Waals surface area contributed by atoms with E-state index in [9.17, 15) is 0 Å². The molecular formula is C12H17N5O. The normalized spacial score (nSPS) is 22.0. The van der Waals surface area contributed by atoms with Gasteiger partial charge in [-0.1, -0.05) is 5.16 Å². The average molecular weight is 247 g/mol. The smallest absolute Gasteiger partial charge is 0.225 e. The van der Waals surface area contributed by atoms with Gasteiger partial charge in [0.25, 0.3) is 0 Å². The lowest BCUT2D eigenvalue weighted by Gasteiger charge is -2.28. The second-order valence-electron chi connectivity index (χ2n) is 4.67. The molecule has 6 heteroatoms. The van der Waals surface area contributed by atoms with Gasteiger partial charge in [-0.25, -0.2) is 9.97 Å². The van der Waals surface area contributed by atoms with Crippen LogP contribution in [0.3, 0.4) is 0 Å². The monoisotopic (exact) mass is 247 g/mol. The van der Waals surface area contributed by atoms with Gasteiger partial charge < -0.3 is 15.4 Å². The van der Waals surface area contributed by atoms with Crippen molar-refractivity contribution in [2.45, 2.75) is 19.3 Å². The van der Waals surface area contributed by atoms with Gasteiger partial charge in [0.1, 0.15) is 0 Å². The fourth-order valence-corrected chi connectivity index (χ4v) is 2.52. The van der Waals surface area contributed by atoms with Crippen molar-refractivity contribution in [1.29, 1.82) is 0 Å². The number of aryl methyl sites for hydroxylation is 1. The maximum Gasteiger partial charge on any atom is 0.225 e. The molecule has 0 radical (unpaired) electrons. The van der Waals surface area contributed by atoms with E-state index in [1.807, 2.05) is 0 Å². The molecule has 1 saturated heterocycles. The number of nitrogens with zero attached hydrogens (tertiary/aromatic N) is 4. The molecule has 1 aliphatic carbocycles. The lowest BCUT2D eigenvalue weighted by Crippen LogP contribution is -2.44. The first-order valence-corrected chi connectivity index (χ1v) is 6.41. The first-order valence-electron chi connectivity index (χ1n) is 6.41. The summed E-state index contributed by atoms with van der Waals surface area (Å²) < 4.78 is 0. The Kier molecular flexibility index (Phi) is 3.10. The number of oxime groups is 1. The largest absolute Gasteiger partial charge is 0.411 e. The number of fused-ring (bicyclic) bond motifs is 1. The van der Waals surface area contributed by atoms with Crippen molar-refractivity contribution in [3.8, 4) is 0 Å². The van der Waals surface area contributed by atoms with Crippen LogP contribution in [0.1, 0.15) is 24.1 Å². The van der Waals surface area contributed by atoms with E-state index in [0.717, 1.165) is 62.6 Å². The van der Waals surface area contributed by atoms with E-state index in [-0.39, 0.29) is 0 Å². The highest BCUT2D eigenvalue weighted by atomic mass is 16.4. The summed E-state index contributed by atoms with van der Waals surface area (Å²) >= 11 is 0. The maximum atomic E-state index is 8.97. The molecule has 1 aromatic rings. The number of anilines is 1. The van der Waals surface area contributed by atoms with Crippen LogP contribution in [0.5, 0.6) is 0 Å². The third-order valence-corrected chi connectivity index (χ3v) is 3.51. The minimum Gasteiger partial charge on any atom is -0.411 e. The predicted molar refractivity (Wildman–Crippen MR) is 68.4 cm³/mol. The SMILES string of the molecule is O/N=C1\CCCc2nc(N3CCNCC3)ncc21. The summed E-state index contributed by atoms with van der Waals surface area (Å²) in [5.74, 6) is 0.800. The maximum absolute atomic E-state index is 8.97. The van der Waals surface area contributed by atoms with Crippen LogP contribution in [0.2, 0.25) is 0 Å². The molecule has 0 bridgehead atoms. The van der Waals surface area contributed by atoms with Gasteiger partial charge in [0.15, 0.2) is 0 Å². The summed E-state index contributed by atoms with van der Waals surface area (Å²) in [6, 6.07) is 0. The summed E-state index contributed by atoms with van der Waals surface area (Å²) in [4.78, 5) is 11.2. The Balaban J connectivity index is 1.90. The van der Waals surface area contributed by atoms with Crippen LogP contribution in [-0.4, -0.2) is 47.1 Å². The van der Waals surface area contributed by atoms with Gasteiger partial charge in [-0.05, 0) is 19.3 Å². The van der Waals surface area contributed by atoms with E-state index in [1.165, 1.54) is 0 Å². The van der Waals surface area contributed by atoms with Gasteiger partial charge >= 0.3 is 0 Å². The Morgan fingerprint density at radius 3 is 2.89 bits per heavy atom. The number of hydrogen-bond donors (Lipinski definition) is 2. The van der Waals surface area contributed by atoms with Crippen LogP contribution in [-0.2, 0) is 6.42 Å². The zero-order chi connectivity index (χ0) is 12.4. The molecule has 3 rings (SSSR count). The van der Waals surface area contributed by atoms with Crippen LogP contribution < -0.4 is 10.2 Å². The number of piperazine rings is 1. The molecule has 1 aromatic heterocycles. The van der Waals surface area contributed by atoms with Crippen LogP contribution in [0.25, 0.3) is 0 Å². The second kappa shape index (κ2) is 4.89. The lowest BCUT2D eigenvalue weighted by atomic mass is 9.95. The molecule has 2 N–H and O–H groups in total. The predicted octanol–water partition coefficient (Wildman–Crippen LogP) is 0.401. The highest BCUT2D eigenvalue weighted by Gasteiger charge is 2.20. The molecule has 0 saturated carbocycles. The lowest BCUT2D eigenvalue weighted by molar-refractivity contribution is 0.317. The fraction of sp³-hybridized carbons (Fsp3) is 0.583. The second-order valence-corrected chi connectivity index (χ2v) is 4.67. The number of nitrogens with one attached hydrogen (secondary N) is 1. The van der Waals surface area contributed by atoms with Crippen LogP contribution >= 0.6 is 0 Å². The van der Waals surface area contributed by atoms with Crippen molar-refractivity contribution in [2.24, 2.45) is 5.16 Å². The molecule has 1 fully saturated rings. The topological polar surface area (TPSA) is 73.6 Å². The Morgan fingerprint density at radius 1 is 1.28 bits per heavy atom. The first-order chi connectivity index (χ1) is 8.88. The van der Waals surface area contributed by atoms with Gasteiger partial charge in [0.2, 0.25) is 5.95 Å². The minimum atomic E-state index is 0.711. The first kappa shape index (κ1) is 11.4. The van der Waals surface area contributed by atoms with Crippen LogP contribution in [0, 0.1) is 0 Å². The Hall–Kier alpha value is -1.69. The standard InChI is InChI=1S/C12H17N5O/c18-16-11-3-1-2-10-9(11)8-14-12(15-10)17-6-4-13-5-7-17/h8,13,18H,1-7H2/b16-11+. The van der Waals surface area contributed by atoms with Crippen molar-refractivity contribution >= 4 is 11.7 Å². The quantitative estimate of drug-likeness (QED) is 0.555. The molecule has 0 aromatic carbocycles. The molecule has 0 unspecified atom stereocenters. The number of aromatic nitrogens is 2. The third-order valence-electron chi connectivity index (χ3n) is 3.51. The molecule has 2 aliphatic rings. The van der Waals surface area contributed by atoms with Gasteiger partial charge in [0.05, 0.1) is 11.4 Å². The third kappa shape index (κ3) is 2.03. The molecule has 0 spiro atoms. The van der Waals surface area contributed by atoms with E-state index < -0.39 is 0 Å². The van der Waals surface area contributed by atoms with Crippen molar-refractivity contribution in [3.63, 3.8) is 0 Å². The molecular weight excluding hydrogens is 230 g/mol. The Morgan fingerprint density at radius 2 is 2.11 bits per heavy atom. The van der Waals surface area contributed by atoms with Crippen molar-refractivity contribution < 1.29 is 5.21 Å².